The first-order valence-electron chi connectivity index (χ1n) is 7.96. The molecule has 1 heterocycles. The lowest BCUT2D eigenvalue weighted by molar-refractivity contribution is 0.0607. The van der Waals surface area contributed by atoms with Gasteiger partial charge in [0.05, 0.1) is 12.7 Å². The van der Waals surface area contributed by atoms with Gasteiger partial charge in [-0.2, -0.15) is 0 Å². The van der Waals surface area contributed by atoms with E-state index in [1.807, 2.05) is 24.3 Å². The van der Waals surface area contributed by atoms with Crippen molar-refractivity contribution in [2.45, 2.75) is 37.8 Å². The second kappa shape index (κ2) is 8.17. The lowest BCUT2D eigenvalue weighted by Gasteiger charge is -2.26. The Morgan fingerprint density at radius 1 is 1.35 bits per heavy atom. The minimum atomic E-state index is -1.01. The maximum Gasteiger partial charge on any atom is 0.315 e. The van der Waals surface area contributed by atoms with Crippen LogP contribution in [0.5, 0.6) is 5.75 Å². The highest BCUT2D eigenvalue weighted by Gasteiger charge is 2.23. The zero-order valence-electron chi connectivity index (χ0n) is 13.8. The minimum Gasteiger partial charge on any atom is -0.497 e. The zero-order chi connectivity index (χ0) is 16.7. The summed E-state index contributed by atoms with van der Waals surface area (Å²) in [4.78, 5) is 11.9. The number of hydrogen-bond donors (Lipinski definition) is 3. The maximum atomic E-state index is 11.9. The molecule has 1 atom stereocenters. The number of hydrogen-bond acceptors (Lipinski definition) is 4. The SMILES string of the molecule is COc1ccc(C[C@@](C)(O)CNC(=O)NC2CCOCC2)cc1. The van der Waals surface area contributed by atoms with Crippen molar-refractivity contribution in [1.29, 1.82) is 0 Å². The molecule has 1 aromatic rings. The molecule has 1 aliphatic heterocycles. The van der Waals surface area contributed by atoms with Crippen LogP contribution >= 0.6 is 0 Å². The molecule has 0 radical (unpaired) electrons. The van der Waals surface area contributed by atoms with Crippen LogP contribution in [0.2, 0.25) is 0 Å². The standard InChI is InChI=1S/C17H26N2O4/c1-17(21,11-13-3-5-15(22-2)6-4-13)12-18-16(20)19-14-7-9-23-10-8-14/h3-6,14,21H,7-12H2,1-2H3,(H2,18,19,20)/t17-/m1/s1. The van der Waals surface area contributed by atoms with Gasteiger partial charge in [-0.05, 0) is 37.5 Å². The Morgan fingerprint density at radius 2 is 2.00 bits per heavy atom. The number of carbonyl (C=O) groups is 1. The molecule has 0 spiro atoms. The number of benzene rings is 1. The number of ether oxygens (including phenoxy) is 2. The smallest absolute Gasteiger partial charge is 0.315 e. The van der Waals surface area contributed by atoms with Crippen LogP contribution in [0.3, 0.4) is 0 Å². The fourth-order valence-corrected chi connectivity index (χ4v) is 2.59. The van der Waals surface area contributed by atoms with Crippen LogP contribution in [0.1, 0.15) is 25.3 Å². The molecule has 2 amide bonds. The number of urea groups is 1. The number of rotatable bonds is 6. The average Bonchev–Trinajstić information content (AvgIpc) is 2.54. The van der Waals surface area contributed by atoms with Gasteiger partial charge in [-0.25, -0.2) is 4.79 Å². The first-order chi connectivity index (χ1) is 11.0. The van der Waals surface area contributed by atoms with Crippen LogP contribution in [0.15, 0.2) is 24.3 Å². The van der Waals surface area contributed by atoms with E-state index in [9.17, 15) is 9.90 Å². The van der Waals surface area contributed by atoms with Crippen molar-refractivity contribution in [1.82, 2.24) is 10.6 Å². The Hall–Kier alpha value is -1.79. The van der Waals surface area contributed by atoms with E-state index >= 15 is 0 Å². The molecule has 23 heavy (non-hydrogen) atoms. The van der Waals surface area contributed by atoms with Gasteiger partial charge in [-0.3, -0.25) is 0 Å². The molecule has 1 aromatic carbocycles. The summed E-state index contributed by atoms with van der Waals surface area (Å²) in [6, 6.07) is 7.44. The number of nitrogens with one attached hydrogen (secondary N) is 2. The van der Waals surface area contributed by atoms with Gasteiger partial charge in [0, 0.05) is 32.2 Å². The van der Waals surface area contributed by atoms with Gasteiger partial charge >= 0.3 is 6.03 Å². The summed E-state index contributed by atoms with van der Waals surface area (Å²) in [5.74, 6) is 0.780. The fraction of sp³-hybridized carbons (Fsp3) is 0.588. The minimum absolute atomic E-state index is 0.148. The van der Waals surface area contributed by atoms with Crippen LogP contribution in [0.4, 0.5) is 4.79 Å². The predicted octanol–water partition coefficient (Wildman–Crippen LogP) is 1.47. The van der Waals surface area contributed by atoms with Gasteiger partial charge in [0.2, 0.25) is 0 Å². The highest BCUT2D eigenvalue weighted by molar-refractivity contribution is 5.74. The summed E-state index contributed by atoms with van der Waals surface area (Å²) in [7, 11) is 1.62. The predicted molar refractivity (Wildman–Crippen MR) is 87.7 cm³/mol. The Morgan fingerprint density at radius 3 is 2.61 bits per heavy atom. The molecule has 0 aromatic heterocycles. The average molecular weight is 322 g/mol. The number of carbonyl (C=O) groups excluding carboxylic acids is 1. The lowest BCUT2D eigenvalue weighted by Crippen LogP contribution is -2.49. The Labute approximate surface area is 137 Å². The van der Waals surface area contributed by atoms with Gasteiger partial charge in [0.1, 0.15) is 5.75 Å². The zero-order valence-corrected chi connectivity index (χ0v) is 13.8. The second-order valence-corrected chi connectivity index (χ2v) is 6.24. The summed E-state index contributed by atoms with van der Waals surface area (Å²) in [5.41, 5.74) is -0.0239. The van der Waals surface area contributed by atoms with Crippen molar-refractivity contribution in [3.8, 4) is 5.75 Å². The topological polar surface area (TPSA) is 79.8 Å². The van der Waals surface area contributed by atoms with E-state index in [1.54, 1.807) is 14.0 Å². The quantitative estimate of drug-likeness (QED) is 0.741. The molecule has 0 aliphatic carbocycles. The molecule has 0 saturated carbocycles. The van der Waals surface area contributed by atoms with Crippen LogP contribution in [0, 0.1) is 0 Å². The summed E-state index contributed by atoms with van der Waals surface area (Å²) >= 11 is 0. The van der Waals surface area contributed by atoms with Gasteiger partial charge in [-0.1, -0.05) is 12.1 Å². The lowest BCUT2D eigenvalue weighted by atomic mass is 9.96. The monoisotopic (exact) mass is 322 g/mol. The van der Waals surface area contributed by atoms with Crippen LogP contribution in [-0.2, 0) is 11.2 Å². The molecule has 128 valence electrons. The summed E-state index contributed by atoms with van der Waals surface area (Å²) in [6.45, 7) is 3.26. The van der Waals surface area contributed by atoms with E-state index in [4.69, 9.17) is 9.47 Å². The molecule has 1 fully saturated rings. The molecule has 0 unspecified atom stereocenters. The molecule has 3 N–H and O–H groups in total. The number of aliphatic hydroxyl groups is 1. The van der Waals surface area contributed by atoms with Crippen LogP contribution in [0.25, 0.3) is 0 Å². The second-order valence-electron chi connectivity index (χ2n) is 6.24. The molecule has 6 heteroatoms. The Kier molecular flexibility index (Phi) is 6.24. The van der Waals surface area contributed by atoms with Gasteiger partial charge in [0.25, 0.3) is 0 Å². The normalized spacial score (nSPS) is 18.0. The first-order valence-corrected chi connectivity index (χ1v) is 7.96. The molecule has 1 saturated heterocycles. The number of methoxy groups -OCH3 is 1. The molecular formula is C17H26N2O4. The largest absolute Gasteiger partial charge is 0.497 e. The molecule has 0 bridgehead atoms. The van der Waals surface area contributed by atoms with E-state index in [0.29, 0.717) is 19.6 Å². The molecule has 2 rings (SSSR count). The van der Waals surface area contributed by atoms with Crippen molar-refractivity contribution in [3.63, 3.8) is 0 Å². The Bertz CT molecular complexity index is 496. The van der Waals surface area contributed by atoms with Crippen molar-refractivity contribution >= 4 is 6.03 Å². The third-order valence-electron chi connectivity index (χ3n) is 3.93. The van der Waals surface area contributed by atoms with Crippen molar-refractivity contribution in [2.75, 3.05) is 26.9 Å². The van der Waals surface area contributed by atoms with Gasteiger partial charge in [-0.15, -0.1) is 0 Å². The summed E-state index contributed by atoms with van der Waals surface area (Å²) < 4.78 is 10.4. The summed E-state index contributed by atoms with van der Waals surface area (Å²) in [5, 5.41) is 16.1. The third kappa shape index (κ3) is 6.08. The summed E-state index contributed by atoms with van der Waals surface area (Å²) in [6.07, 6.45) is 2.11. The van der Waals surface area contributed by atoms with Crippen molar-refractivity contribution < 1.29 is 19.4 Å². The molecule has 1 aliphatic rings. The van der Waals surface area contributed by atoms with Gasteiger partial charge < -0.3 is 25.2 Å². The van der Waals surface area contributed by atoms with Crippen LogP contribution in [-0.4, -0.2) is 49.6 Å². The molecular weight excluding hydrogens is 296 g/mol. The van der Waals surface area contributed by atoms with E-state index in [0.717, 1.165) is 24.2 Å². The van der Waals surface area contributed by atoms with Crippen molar-refractivity contribution in [3.05, 3.63) is 29.8 Å². The van der Waals surface area contributed by atoms with E-state index in [2.05, 4.69) is 10.6 Å². The Balaban J connectivity index is 1.76. The van der Waals surface area contributed by atoms with Gasteiger partial charge in [0.15, 0.2) is 0 Å². The first kappa shape index (κ1) is 17.6. The van der Waals surface area contributed by atoms with Crippen molar-refractivity contribution in [2.24, 2.45) is 0 Å². The van der Waals surface area contributed by atoms with E-state index in [-0.39, 0.29) is 18.6 Å². The molecule has 6 nitrogen and oxygen atoms in total. The third-order valence-corrected chi connectivity index (χ3v) is 3.93. The highest BCUT2D eigenvalue weighted by Crippen LogP contribution is 2.16. The van der Waals surface area contributed by atoms with E-state index in [1.165, 1.54) is 0 Å². The highest BCUT2D eigenvalue weighted by atomic mass is 16.5. The van der Waals surface area contributed by atoms with Crippen LogP contribution < -0.4 is 15.4 Å². The van der Waals surface area contributed by atoms with E-state index < -0.39 is 5.60 Å². The maximum absolute atomic E-state index is 11.9. The fourth-order valence-electron chi connectivity index (χ4n) is 2.59. The number of amides is 2.